The maximum atomic E-state index is 3.82. The van der Waals surface area contributed by atoms with Gasteiger partial charge < -0.3 is 5.32 Å². The summed E-state index contributed by atoms with van der Waals surface area (Å²) in [7, 11) is 0. The van der Waals surface area contributed by atoms with Gasteiger partial charge in [0.15, 0.2) is 0 Å². The maximum absolute atomic E-state index is 3.82. The molecule has 0 aromatic rings. The Morgan fingerprint density at radius 3 is 3.21 bits per heavy atom. The average Bonchev–Trinajstić information content (AvgIpc) is 2.39. The highest BCUT2D eigenvalue weighted by molar-refractivity contribution is 5.08. The Morgan fingerprint density at radius 1 is 1.71 bits per heavy atom. The predicted octanol–water partition coefficient (Wildman–Crippen LogP) is 3.14. The third-order valence-electron chi connectivity index (χ3n) is 2.97. The van der Waals surface area contributed by atoms with Crippen LogP contribution in [0.2, 0.25) is 0 Å². The van der Waals surface area contributed by atoms with Crippen LogP contribution in [-0.4, -0.2) is 13.1 Å². The molecule has 0 aliphatic carbocycles. The Morgan fingerprint density at radius 2 is 2.50 bits per heavy atom. The minimum Gasteiger partial charge on any atom is -0.313 e. The molecule has 14 heavy (non-hydrogen) atoms. The highest BCUT2D eigenvalue weighted by Gasteiger charge is 2.07. The number of rotatable bonds is 4. The molecule has 0 radical (unpaired) electrons. The molecule has 1 heterocycles. The average molecular weight is 193 g/mol. The summed E-state index contributed by atoms with van der Waals surface area (Å²) < 4.78 is 0. The Bertz CT molecular complexity index is 205. The van der Waals surface area contributed by atoms with Crippen molar-refractivity contribution in [2.24, 2.45) is 11.8 Å². The zero-order chi connectivity index (χ0) is 10.4. The normalized spacial score (nSPS) is 25.0. The highest BCUT2D eigenvalue weighted by Crippen LogP contribution is 2.17. The van der Waals surface area contributed by atoms with Gasteiger partial charge in [0.05, 0.1) is 0 Å². The first-order chi connectivity index (χ1) is 6.72. The minimum atomic E-state index is 0.648. The Hall–Kier alpha value is -0.560. The summed E-state index contributed by atoms with van der Waals surface area (Å²) in [4.78, 5) is 0. The van der Waals surface area contributed by atoms with E-state index < -0.39 is 0 Å². The number of hydrogen-bond acceptors (Lipinski definition) is 1. The molecule has 1 nitrogen and oxygen atoms in total. The fourth-order valence-corrected chi connectivity index (χ4v) is 1.83. The van der Waals surface area contributed by atoms with E-state index >= 15 is 0 Å². The topological polar surface area (TPSA) is 12.0 Å². The van der Waals surface area contributed by atoms with Crippen molar-refractivity contribution >= 4 is 0 Å². The third kappa shape index (κ3) is 4.10. The second kappa shape index (κ2) is 6.02. The van der Waals surface area contributed by atoms with E-state index in [4.69, 9.17) is 0 Å². The van der Waals surface area contributed by atoms with E-state index in [0.717, 1.165) is 19.0 Å². The van der Waals surface area contributed by atoms with Crippen LogP contribution in [0.5, 0.6) is 0 Å². The van der Waals surface area contributed by atoms with Gasteiger partial charge in [-0.3, -0.25) is 0 Å². The van der Waals surface area contributed by atoms with Crippen LogP contribution in [0, 0.1) is 11.8 Å². The third-order valence-corrected chi connectivity index (χ3v) is 2.97. The standard InChI is InChI=1S/C13H23N/c1-4-11(2)5-6-13-9-12(3)7-8-14-10-13/h4,9,11-12,14H,1,5-8,10H2,2-3H3. The molecule has 1 aliphatic heterocycles. The molecule has 0 aromatic carbocycles. The quantitative estimate of drug-likeness (QED) is 0.676. The van der Waals surface area contributed by atoms with Gasteiger partial charge in [-0.1, -0.05) is 31.6 Å². The predicted molar refractivity (Wildman–Crippen MR) is 63.3 cm³/mol. The van der Waals surface area contributed by atoms with E-state index in [1.54, 1.807) is 5.57 Å². The molecule has 0 spiro atoms. The van der Waals surface area contributed by atoms with Crippen LogP contribution in [0.4, 0.5) is 0 Å². The molecule has 1 N–H and O–H groups in total. The molecule has 1 heteroatoms. The molecule has 1 aliphatic rings. The molecule has 0 saturated carbocycles. The van der Waals surface area contributed by atoms with Crippen molar-refractivity contribution in [1.29, 1.82) is 0 Å². The number of hydrogen-bond donors (Lipinski definition) is 1. The Balaban J connectivity index is 2.37. The second-order valence-electron chi connectivity index (χ2n) is 4.52. The lowest BCUT2D eigenvalue weighted by molar-refractivity contribution is 0.612. The summed E-state index contributed by atoms with van der Waals surface area (Å²) in [6.07, 6.45) is 8.25. The lowest BCUT2D eigenvalue weighted by atomic mass is 9.98. The van der Waals surface area contributed by atoms with Crippen LogP contribution >= 0.6 is 0 Å². The van der Waals surface area contributed by atoms with Crippen molar-refractivity contribution in [1.82, 2.24) is 5.32 Å². The van der Waals surface area contributed by atoms with Gasteiger partial charge in [-0.15, -0.1) is 6.58 Å². The van der Waals surface area contributed by atoms with Gasteiger partial charge in [0.1, 0.15) is 0 Å². The second-order valence-corrected chi connectivity index (χ2v) is 4.52. The summed E-state index contributed by atoms with van der Waals surface area (Å²) in [6, 6.07) is 0. The van der Waals surface area contributed by atoms with Gasteiger partial charge in [0.2, 0.25) is 0 Å². The van der Waals surface area contributed by atoms with Crippen molar-refractivity contribution in [3.05, 3.63) is 24.3 Å². The fourth-order valence-electron chi connectivity index (χ4n) is 1.83. The van der Waals surface area contributed by atoms with E-state index in [-0.39, 0.29) is 0 Å². The molecule has 1 rings (SSSR count). The van der Waals surface area contributed by atoms with Crippen LogP contribution in [0.25, 0.3) is 0 Å². The van der Waals surface area contributed by atoms with Crippen LogP contribution in [0.1, 0.15) is 33.1 Å². The highest BCUT2D eigenvalue weighted by atomic mass is 14.9. The largest absolute Gasteiger partial charge is 0.313 e. The summed E-state index contributed by atoms with van der Waals surface area (Å²) in [5, 5.41) is 3.48. The smallest absolute Gasteiger partial charge is 0.0164 e. The van der Waals surface area contributed by atoms with E-state index in [1.807, 2.05) is 6.08 Å². The van der Waals surface area contributed by atoms with Crippen LogP contribution in [0.3, 0.4) is 0 Å². The maximum Gasteiger partial charge on any atom is 0.0164 e. The zero-order valence-corrected chi connectivity index (χ0v) is 9.55. The van der Waals surface area contributed by atoms with E-state index in [1.165, 1.54) is 19.3 Å². The van der Waals surface area contributed by atoms with Crippen molar-refractivity contribution in [3.63, 3.8) is 0 Å². The van der Waals surface area contributed by atoms with Gasteiger partial charge in [0, 0.05) is 6.54 Å². The van der Waals surface area contributed by atoms with Crippen LogP contribution in [-0.2, 0) is 0 Å². The summed E-state index contributed by atoms with van der Waals surface area (Å²) in [5.41, 5.74) is 1.59. The molecular weight excluding hydrogens is 170 g/mol. The number of nitrogens with one attached hydrogen (secondary N) is 1. The van der Waals surface area contributed by atoms with Gasteiger partial charge in [-0.25, -0.2) is 0 Å². The van der Waals surface area contributed by atoms with Gasteiger partial charge >= 0.3 is 0 Å². The van der Waals surface area contributed by atoms with Gasteiger partial charge in [0.25, 0.3) is 0 Å². The first-order valence-corrected chi connectivity index (χ1v) is 5.75. The molecule has 0 amide bonds. The van der Waals surface area contributed by atoms with Crippen LogP contribution < -0.4 is 5.32 Å². The SMILES string of the molecule is C=CC(C)CCC1=CC(C)CCNC1. The van der Waals surface area contributed by atoms with Crippen molar-refractivity contribution in [2.75, 3.05) is 13.1 Å². The first kappa shape index (κ1) is 11.5. The van der Waals surface area contributed by atoms with Crippen molar-refractivity contribution < 1.29 is 0 Å². The lowest BCUT2D eigenvalue weighted by Gasteiger charge is -2.09. The minimum absolute atomic E-state index is 0.648. The van der Waals surface area contributed by atoms with Gasteiger partial charge in [-0.2, -0.15) is 0 Å². The molecule has 0 fully saturated rings. The van der Waals surface area contributed by atoms with Crippen LogP contribution in [0.15, 0.2) is 24.3 Å². The summed E-state index contributed by atoms with van der Waals surface area (Å²) in [5.74, 6) is 1.40. The van der Waals surface area contributed by atoms with E-state index in [0.29, 0.717) is 5.92 Å². The number of allylic oxidation sites excluding steroid dienone is 2. The monoisotopic (exact) mass is 193 g/mol. The fraction of sp³-hybridized carbons (Fsp3) is 0.692. The molecule has 80 valence electrons. The summed E-state index contributed by atoms with van der Waals surface area (Å²) in [6.45, 7) is 10.6. The molecule has 2 unspecified atom stereocenters. The molecule has 0 saturated heterocycles. The molecule has 0 bridgehead atoms. The summed E-state index contributed by atoms with van der Waals surface area (Å²) >= 11 is 0. The Labute approximate surface area is 88.3 Å². The molecular formula is C13H23N. The molecule has 2 atom stereocenters. The van der Waals surface area contributed by atoms with Gasteiger partial charge in [-0.05, 0) is 37.6 Å². The molecule has 0 aromatic heterocycles. The zero-order valence-electron chi connectivity index (χ0n) is 9.55. The first-order valence-electron chi connectivity index (χ1n) is 5.75. The van der Waals surface area contributed by atoms with E-state index in [9.17, 15) is 0 Å². The lowest BCUT2D eigenvalue weighted by Crippen LogP contribution is -2.16. The van der Waals surface area contributed by atoms with Crippen molar-refractivity contribution in [3.8, 4) is 0 Å². The Kier molecular flexibility index (Phi) is 4.95. The van der Waals surface area contributed by atoms with E-state index in [2.05, 4.69) is 31.8 Å². The van der Waals surface area contributed by atoms with Crippen molar-refractivity contribution in [2.45, 2.75) is 33.1 Å².